The normalized spacial score (nSPS) is 13.5. The van der Waals surface area contributed by atoms with Gasteiger partial charge in [-0.25, -0.2) is 0 Å². The van der Waals surface area contributed by atoms with Crippen molar-refractivity contribution in [3.05, 3.63) is 63.7 Å². The second-order valence-corrected chi connectivity index (χ2v) is 6.08. The van der Waals surface area contributed by atoms with Gasteiger partial charge in [-0.15, -0.1) is 0 Å². The molecule has 0 N–H and O–H groups in total. The molecule has 1 aliphatic heterocycles. The summed E-state index contributed by atoms with van der Waals surface area (Å²) in [6.07, 6.45) is 2.11. The third-order valence-electron chi connectivity index (χ3n) is 4.35. The molecule has 1 saturated heterocycles. The standard InChI is InChI=1S/C19H20N2O5/c1-25-16-8-9-18(17(12-16)21(23)24)26-13-14-4-6-15(7-5-14)19(22)20-10-2-3-11-20/h4-9,12H,2-3,10-11,13H2,1H3. The van der Waals surface area contributed by atoms with Gasteiger partial charge in [-0.1, -0.05) is 12.1 Å². The summed E-state index contributed by atoms with van der Waals surface area (Å²) in [4.78, 5) is 24.8. The van der Waals surface area contributed by atoms with Crippen molar-refractivity contribution in [1.82, 2.24) is 4.90 Å². The molecule has 136 valence electrons. The Morgan fingerprint density at radius 3 is 2.46 bits per heavy atom. The van der Waals surface area contributed by atoms with Crippen LogP contribution in [-0.4, -0.2) is 35.9 Å². The Kier molecular flexibility index (Phi) is 5.36. The van der Waals surface area contributed by atoms with Crippen molar-refractivity contribution in [3.8, 4) is 11.5 Å². The van der Waals surface area contributed by atoms with E-state index in [1.165, 1.54) is 19.2 Å². The van der Waals surface area contributed by atoms with Crippen molar-refractivity contribution in [1.29, 1.82) is 0 Å². The zero-order valence-electron chi connectivity index (χ0n) is 14.5. The van der Waals surface area contributed by atoms with Gasteiger partial charge in [0.2, 0.25) is 0 Å². The Balaban J connectivity index is 1.66. The van der Waals surface area contributed by atoms with E-state index in [2.05, 4.69) is 0 Å². The summed E-state index contributed by atoms with van der Waals surface area (Å²) in [5.41, 5.74) is 1.32. The number of benzene rings is 2. The van der Waals surface area contributed by atoms with E-state index in [4.69, 9.17) is 9.47 Å². The van der Waals surface area contributed by atoms with Crippen LogP contribution in [0.5, 0.6) is 11.5 Å². The molecule has 0 unspecified atom stereocenters. The number of hydrogen-bond acceptors (Lipinski definition) is 5. The molecule has 2 aromatic carbocycles. The van der Waals surface area contributed by atoms with Gasteiger partial charge in [0, 0.05) is 18.7 Å². The number of ether oxygens (including phenoxy) is 2. The zero-order chi connectivity index (χ0) is 18.5. The van der Waals surface area contributed by atoms with Crippen LogP contribution in [0.2, 0.25) is 0 Å². The molecular weight excluding hydrogens is 336 g/mol. The molecule has 7 heteroatoms. The lowest BCUT2D eigenvalue weighted by molar-refractivity contribution is -0.386. The van der Waals surface area contributed by atoms with Gasteiger partial charge in [0.25, 0.3) is 5.91 Å². The Hall–Kier alpha value is -3.09. The van der Waals surface area contributed by atoms with Gasteiger partial charge in [-0.2, -0.15) is 0 Å². The van der Waals surface area contributed by atoms with E-state index >= 15 is 0 Å². The SMILES string of the molecule is COc1ccc(OCc2ccc(C(=O)N3CCCC3)cc2)c([N+](=O)[O-])c1. The largest absolute Gasteiger partial charge is 0.496 e. The molecule has 0 saturated carbocycles. The lowest BCUT2D eigenvalue weighted by atomic mass is 10.1. The van der Waals surface area contributed by atoms with Gasteiger partial charge in [-0.3, -0.25) is 14.9 Å². The van der Waals surface area contributed by atoms with Gasteiger partial charge in [0.1, 0.15) is 12.4 Å². The van der Waals surface area contributed by atoms with Crippen molar-refractivity contribution in [2.45, 2.75) is 19.4 Å². The summed E-state index contributed by atoms with van der Waals surface area (Å²) in [5, 5.41) is 11.2. The molecule has 1 fully saturated rings. The number of nitrogens with zero attached hydrogens (tertiary/aromatic N) is 2. The molecule has 3 rings (SSSR count). The van der Waals surface area contributed by atoms with E-state index < -0.39 is 4.92 Å². The van der Waals surface area contributed by atoms with Crippen LogP contribution in [0.15, 0.2) is 42.5 Å². The average molecular weight is 356 g/mol. The molecular formula is C19H20N2O5. The van der Waals surface area contributed by atoms with Crippen LogP contribution in [0.1, 0.15) is 28.8 Å². The second kappa shape index (κ2) is 7.86. The fourth-order valence-electron chi connectivity index (χ4n) is 2.90. The van der Waals surface area contributed by atoms with Crippen molar-refractivity contribution < 1.29 is 19.2 Å². The van der Waals surface area contributed by atoms with E-state index in [-0.39, 0.29) is 24.0 Å². The number of nitro benzene ring substituents is 1. The molecule has 0 spiro atoms. The fraction of sp³-hybridized carbons (Fsp3) is 0.316. The number of nitro groups is 1. The van der Waals surface area contributed by atoms with Crippen LogP contribution in [0.4, 0.5) is 5.69 Å². The summed E-state index contributed by atoms with van der Waals surface area (Å²) in [6, 6.07) is 11.6. The van der Waals surface area contributed by atoms with Crippen molar-refractivity contribution in [3.63, 3.8) is 0 Å². The molecule has 0 aromatic heterocycles. The number of likely N-dealkylation sites (tertiary alicyclic amines) is 1. The predicted molar refractivity (Wildman–Crippen MR) is 95.6 cm³/mol. The first-order chi connectivity index (χ1) is 12.6. The van der Waals surface area contributed by atoms with Crippen LogP contribution in [0, 0.1) is 10.1 Å². The number of amides is 1. The summed E-state index contributed by atoms with van der Waals surface area (Å²) in [7, 11) is 1.45. The topological polar surface area (TPSA) is 81.9 Å². The van der Waals surface area contributed by atoms with E-state index in [9.17, 15) is 14.9 Å². The lowest BCUT2D eigenvalue weighted by Crippen LogP contribution is -2.27. The third-order valence-corrected chi connectivity index (χ3v) is 4.35. The molecule has 1 amide bonds. The minimum Gasteiger partial charge on any atom is -0.496 e. The number of carbonyl (C=O) groups is 1. The minimum atomic E-state index is -0.504. The maximum absolute atomic E-state index is 12.3. The molecule has 1 aliphatic rings. The third kappa shape index (κ3) is 3.93. The molecule has 2 aromatic rings. The quantitative estimate of drug-likeness (QED) is 0.585. The summed E-state index contributed by atoms with van der Waals surface area (Å²) in [6.45, 7) is 1.79. The van der Waals surface area contributed by atoms with Crippen LogP contribution in [0.3, 0.4) is 0 Å². The molecule has 0 aliphatic carbocycles. The molecule has 0 atom stereocenters. The zero-order valence-corrected chi connectivity index (χ0v) is 14.5. The predicted octanol–water partition coefficient (Wildman–Crippen LogP) is 3.42. The van der Waals surface area contributed by atoms with E-state index in [1.54, 1.807) is 30.3 Å². The van der Waals surface area contributed by atoms with Crippen molar-refractivity contribution in [2.75, 3.05) is 20.2 Å². The average Bonchev–Trinajstić information content (AvgIpc) is 3.20. The van der Waals surface area contributed by atoms with Gasteiger partial charge in [-0.05, 0) is 42.7 Å². The monoisotopic (exact) mass is 356 g/mol. The first-order valence-electron chi connectivity index (χ1n) is 8.42. The van der Waals surface area contributed by atoms with E-state index in [0.29, 0.717) is 11.3 Å². The van der Waals surface area contributed by atoms with Crippen LogP contribution in [-0.2, 0) is 6.61 Å². The lowest BCUT2D eigenvalue weighted by Gasteiger charge is -2.15. The van der Waals surface area contributed by atoms with Crippen LogP contribution in [0.25, 0.3) is 0 Å². The molecule has 1 heterocycles. The molecule has 0 bridgehead atoms. The highest BCUT2D eigenvalue weighted by molar-refractivity contribution is 5.94. The van der Waals surface area contributed by atoms with Gasteiger partial charge in [0.05, 0.1) is 18.1 Å². The Morgan fingerprint density at radius 1 is 1.15 bits per heavy atom. The highest BCUT2D eigenvalue weighted by Crippen LogP contribution is 2.31. The maximum Gasteiger partial charge on any atom is 0.314 e. The number of rotatable bonds is 6. The summed E-state index contributed by atoms with van der Waals surface area (Å²) >= 11 is 0. The van der Waals surface area contributed by atoms with Gasteiger partial charge < -0.3 is 14.4 Å². The fourth-order valence-corrected chi connectivity index (χ4v) is 2.90. The van der Waals surface area contributed by atoms with E-state index in [1.807, 2.05) is 4.90 Å². The Bertz CT molecular complexity index is 798. The van der Waals surface area contributed by atoms with Gasteiger partial charge in [0.15, 0.2) is 5.75 Å². The van der Waals surface area contributed by atoms with Gasteiger partial charge >= 0.3 is 5.69 Å². The number of methoxy groups -OCH3 is 1. The van der Waals surface area contributed by atoms with Crippen LogP contribution < -0.4 is 9.47 Å². The second-order valence-electron chi connectivity index (χ2n) is 6.08. The first-order valence-corrected chi connectivity index (χ1v) is 8.42. The number of hydrogen-bond donors (Lipinski definition) is 0. The Labute approximate surface area is 151 Å². The van der Waals surface area contributed by atoms with Crippen molar-refractivity contribution >= 4 is 11.6 Å². The minimum absolute atomic E-state index is 0.0424. The van der Waals surface area contributed by atoms with Crippen LogP contribution >= 0.6 is 0 Å². The molecule has 26 heavy (non-hydrogen) atoms. The summed E-state index contributed by atoms with van der Waals surface area (Å²) < 4.78 is 10.6. The highest BCUT2D eigenvalue weighted by atomic mass is 16.6. The summed E-state index contributed by atoms with van der Waals surface area (Å²) in [5.74, 6) is 0.614. The van der Waals surface area contributed by atoms with Crippen molar-refractivity contribution in [2.24, 2.45) is 0 Å². The maximum atomic E-state index is 12.3. The Morgan fingerprint density at radius 2 is 1.85 bits per heavy atom. The molecule has 7 nitrogen and oxygen atoms in total. The smallest absolute Gasteiger partial charge is 0.314 e. The molecule has 0 radical (unpaired) electrons. The highest BCUT2D eigenvalue weighted by Gasteiger charge is 2.19. The van der Waals surface area contributed by atoms with E-state index in [0.717, 1.165) is 31.5 Å². The first kappa shape index (κ1) is 17.7. The number of carbonyl (C=O) groups excluding carboxylic acids is 1.